The fraction of sp³-hybridized carbons (Fsp3) is 0.417. The number of benzene rings is 1. The van der Waals surface area contributed by atoms with E-state index in [0.29, 0.717) is 6.42 Å². The van der Waals surface area contributed by atoms with Gasteiger partial charge in [0.15, 0.2) is 0 Å². The monoisotopic (exact) mass is 301 g/mol. The van der Waals surface area contributed by atoms with Crippen molar-refractivity contribution >= 4 is 39.3 Å². The quantitative estimate of drug-likeness (QED) is 0.817. The Balaban J connectivity index is 2.45. The molecule has 0 spiro atoms. The summed E-state index contributed by atoms with van der Waals surface area (Å²) in [5, 5.41) is 3.85. The van der Waals surface area contributed by atoms with E-state index >= 15 is 0 Å². The number of rotatable bonds is 6. The third kappa shape index (κ3) is 5.03. The van der Waals surface area contributed by atoms with E-state index in [0.717, 1.165) is 23.2 Å². The number of carbonyl (C=O) groups excluding carboxylic acids is 1. The highest BCUT2D eigenvalue weighted by Crippen LogP contribution is 2.11. The van der Waals surface area contributed by atoms with E-state index in [1.165, 1.54) is 5.56 Å². The van der Waals surface area contributed by atoms with Gasteiger partial charge in [-0.3, -0.25) is 4.79 Å². The maximum Gasteiger partial charge on any atom is 0.225 e. The minimum absolute atomic E-state index is 0.0857. The maximum atomic E-state index is 11.5. The van der Waals surface area contributed by atoms with E-state index in [9.17, 15) is 4.79 Å². The molecule has 0 atom stereocenters. The molecule has 0 radical (unpaired) electrons. The van der Waals surface area contributed by atoms with Gasteiger partial charge in [-0.15, -0.1) is 0 Å². The van der Waals surface area contributed by atoms with E-state index in [1.54, 1.807) is 11.8 Å². The highest BCUT2D eigenvalue weighted by Gasteiger charge is 2.01. The Bertz CT molecular complexity index is 326. The molecule has 0 fully saturated rings. The topological polar surface area (TPSA) is 29.1 Å². The van der Waals surface area contributed by atoms with Gasteiger partial charge in [-0.2, -0.15) is 11.8 Å². The SMILES string of the molecule is CSCCC(=O)Nc1ccc(CCBr)cc1. The number of thioether (sulfide) groups is 1. The molecule has 1 amide bonds. The number of hydrogen-bond acceptors (Lipinski definition) is 2. The van der Waals surface area contributed by atoms with Crippen molar-refractivity contribution < 1.29 is 4.79 Å². The van der Waals surface area contributed by atoms with Gasteiger partial charge in [0.05, 0.1) is 0 Å². The van der Waals surface area contributed by atoms with Crippen LogP contribution >= 0.6 is 27.7 Å². The van der Waals surface area contributed by atoms with Crippen LogP contribution in [0.3, 0.4) is 0 Å². The first-order valence-corrected chi connectivity index (χ1v) is 7.71. The third-order valence-corrected chi connectivity index (χ3v) is 3.16. The van der Waals surface area contributed by atoms with Crippen molar-refractivity contribution in [2.45, 2.75) is 12.8 Å². The zero-order valence-corrected chi connectivity index (χ0v) is 11.7. The second kappa shape index (κ2) is 7.74. The summed E-state index contributed by atoms with van der Waals surface area (Å²) >= 11 is 5.08. The summed E-state index contributed by atoms with van der Waals surface area (Å²) in [5.41, 5.74) is 2.16. The molecule has 0 aromatic heterocycles. The second-order valence-corrected chi connectivity index (χ2v) is 5.21. The van der Waals surface area contributed by atoms with E-state index < -0.39 is 0 Å². The van der Waals surface area contributed by atoms with Gasteiger partial charge >= 0.3 is 0 Å². The molecule has 16 heavy (non-hydrogen) atoms. The Hall–Kier alpha value is -0.480. The fourth-order valence-electron chi connectivity index (χ4n) is 1.28. The molecule has 0 bridgehead atoms. The molecule has 1 rings (SSSR count). The predicted molar refractivity (Wildman–Crippen MR) is 75.6 cm³/mol. The lowest BCUT2D eigenvalue weighted by Gasteiger charge is -2.05. The Morgan fingerprint density at radius 3 is 2.62 bits per heavy atom. The van der Waals surface area contributed by atoms with Gasteiger partial charge in [0, 0.05) is 23.2 Å². The third-order valence-electron chi connectivity index (χ3n) is 2.15. The van der Waals surface area contributed by atoms with Gasteiger partial charge in [0.1, 0.15) is 0 Å². The molecule has 1 N–H and O–H groups in total. The number of halogens is 1. The zero-order valence-electron chi connectivity index (χ0n) is 9.33. The average molecular weight is 302 g/mol. The van der Waals surface area contributed by atoms with E-state index in [4.69, 9.17) is 0 Å². The maximum absolute atomic E-state index is 11.5. The van der Waals surface area contributed by atoms with E-state index in [-0.39, 0.29) is 5.91 Å². The van der Waals surface area contributed by atoms with Gasteiger partial charge in [-0.05, 0) is 30.4 Å². The van der Waals surface area contributed by atoms with Crippen LogP contribution in [-0.2, 0) is 11.2 Å². The Morgan fingerprint density at radius 2 is 2.06 bits per heavy atom. The molecule has 0 heterocycles. The Kier molecular flexibility index (Phi) is 6.57. The molecule has 0 aliphatic carbocycles. The normalized spacial score (nSPS) is 10.1. The van der Waals surface area contributed by atoms with Crippen molar-refractivity contribution in [1.29, 1.82) is 0 Å². The Morgan fingerprint density at radius 1 is 1.38 bits per heavy atom. The van der Waals surface area contributed by atoms with Crippen LogP contribution in [0.2, 0.25) is 0 Å². The summed E-state index contributed by atoms with van der Waals surface area (Å²) in [6.45, 7) is 0. The van der Waals surface area contributed by atoms with Crippen LogP contribution in [0.1, 0.15) is 12.0 Å². The van der Waals surface area contributed by atoms with Gasteiger partial charge < -0.3 is 5.32 Å². The highest BCUT2D eigenvalue weighted by molar-refractivity contribution is 9.09. The number of nitrogens with one attached hydrogen (secondary N) is 1. The first-order valence-electron chi connectivity index (χ1n) is 5.20. The smallest absolute Gasteiger partial charge is 0.225 e. The second-order valence-electron chi connectivity index (χ2n) is 3.43. The highest BCUT2D eigenvalue weighted by atomic mass is 79.9. The van der Waals surface area contributed by atoms with Crippen LogP contribution in [-0.4, -0.2) is 23.2 Å². The zero-order chi connectivity index (χ0) is 11.8. The van der Waals surface area contributed by atoms with Crippen molar-refractivity contribution in [3.05, 3.63) is 29.8 Å². The average Bonchev–Trinajstić information content (AvgIpc) is 2.29. The van der Waals surface area contributed by atoms with Gasteiger partial charge in [0.25, 0.3) is 0 Å². The predicted octanol–water partition coefficient (Wildman–Crippen LogP) is 3.32. The van der Waals surface area contributed by atoms with Crippen LogP contribution in [0, 0.1) is 0 Å². The molecular weight excluding hydrogens is 286 g/mol. The van der Waals surface area contributed by atoms with E-state index in [1.807, 2.05) is 30.5 Å². The minimum Gasteiger partial charge on any atom is -0.326 e. The molecule has 0 saturated carbocycles. The number of amides is 1. The Labute approximate surface area is 109 Å². The lowest BCUT2D eigenvalue weighted by Crippen LogP contribution is -2.11. The number of hydrogen-bond donors (Lipinski definition) is 1. The summed E-state index contributed by atoms with van der Waals surface area (Å²) in [7, 11) is 0. The van der Waals surface area contributed by atoms with Gasteiger partial charge in [-0.1, -0.05) is 28.1 Å². The van der Waals surface area contributed by atoms with Crippen LogP contribution < -0.4 is 5.32 Å². The number of carbonyl (C=O) groups is 1. The van der Waals surface area contributed by atoms with Crippen molar-refractivity contribution in [3.8, 4) is 0 Å². The van der Waals surface area contributed by atoms with Crippen LogP contribution in [0.25, 0.3) is 0 Å². The fourth-order valence-corrected chi connectivity index (χ4v) is 2.13. The van der Waals surface area contributed by atoms with Crippen molar-refractivity contribution in [3.63, 3.8) is 0 Å². The molecule has 1 aromatic rings. The van der Waals surface area contributed by atoms with Gasteiger partial charge in [-0.25, -0.2) is 0 Å². The number of alkyl halides is 1. The van der Waals surface area contributed by atoms with Crippen molar-refractivity contribution in [1.82, 2.24) is 0 Å². The standard InChI is InChI=1S/C12H16BrNOS/c1-16-9-7-12(15)14-11-4-2-10(3-5-11)6-8-13/h2-5H,6-9H2,1H3,(H,14,15). The summed E-state index contributed by atoms with van der Waals surface area (Å²) < 4.78 is 0. The van der Waals surface area contributed by atoms with Crippen LogP contribution in [0.15, 0.2) is 24.3 Å². The first kappa shape index (κ1) is 13.6. The van der Waals surface area contributed by atoms with Crippen molar-refractivity contribution in [2.75, 3.05) is 22.7 Å². The molecule has 4 heteroatoms. The van der Waals surface area contributed by atoms with Crippen molar-refractivity contribution in [2.24, 2.45) is 0 Å². The first-order chi connectivity index (χ1) is 7.76. The van der Waals surface area contributed by atoms with E-state index in [2.05, 4.69) is 21.2 Å². The molecule has 0 aliphatic heterocycles. The molecule has 2 nitrogen and oxygen atoms in total. The van der Waals surface area contributed by atoms with Crippen LogP contribution in [0.4, 0.5) is 5.69 Å². The number of aryl methyl sites for hydroxylation is 1. The minimum atomic E-state index is 0.0857. The lowest BCUT2D eigenvalue weighted by molar-refractivity contribution is -0.115. The molecule has 88 valence electrons. The largest absolute Gasteiger partial charge is 0.326 e. The molecule has 0 unspecified atom stereocenters. The summed E-state index contributed by atoms with van der Waals surface area (Å²) in [6.07, 6.45) is 3.59. The summed E-state index contributed by atoms with van der Waals surface area (Å²) in [6, 6.07) is 8.00. The molecule has 0 aliphatic rings. The summed E-state index contributed by atoms with van der Waals surface area (Å²) in [5.74, 6) is 0.954. The number of anilines is 1. The van der Waals surface area contributed by atoms with Gasteiger partial charge in [0.2, 0.25) is 5.91 Å². The lowest BCUT2D eigenvalue weighted by atomic mass is 10.1. The summed E-state index contributed by atoms with van der Waals surface area (Å²) in [4.78, 5) is 11.5. The molecule has 1 aromatic carbocycles. The van der Waals surface area contributed by atoms with Crippen LogP contribution in [0.5, 0.6) is 0 Å². The molecular formula is C12H16BrNOS. The molecule has 0 saturated heterocycles.